The molecule has 2 N–H and O–H groups in total. The van der Waals surface area contributed by atoms with E-state index in [2.05, 4.69) is 13.2 Å². The van der Waals surface area contributed by atoms with E-state index in [0.29, 0.717) is 5.56 Å². The standard InChI is InChI=1S/C9H8O4.C4H6/c10-8(11)5-6-3-1-2-4-7(6)9(12)13;1-3-4-2/h1-4H,5H2,(H,10,11)(H,12,13);3-4H,1-2H2. The van der Waals surface area contributed by atoms with Crippen molar-refractivity contribution in [1.82, 2.24) is 0 Å². The summed E-state index contributed by atoms with van der Waals surface area (Å²) in [5, 5.41) is 17.2. The maximum atomic E-state index is 10.6. The van der Waals surface area contributed by atoms with Crippen molar-refractivity contribution >= 4 is 11.9 Å². The van der Waals surface area contributed by atoms with Gasteiger partial charge in [-0.05, 0) is 11.6 Å². The lowest BCUT2D eigenvalue weighted by Crippen LogP contribution is -2.07. The number of aliphatic carboxylic acids is 1. The summed E-state index contributed by atoms with van der Waals surface area (Å²) in [6, 6.07) is 6.07. The van der Waals surface area contributed by atoms with Gasteiger partial charge in [-0.25, -0.2) is 4.79 Å². The molecule has 4 nitrogen and oxygen atoms in total. The number of carboxylic acids is 2. The molecule has 0 saturated heterocycles. The summed E-state index contributed by atoms with van der Waals surface area (Å²) in [5.41, 5.74) is 0.368. The SMILES string of the molecule is C=CC=C.O=C(O)Cc1ccccc1C(=O)O. The second-order valence-electron chi connectivity index (χ2n) is 3.00. The largest absolute Gasteiger partial charge is 0.481 e. The predicted molar refractivity (Wildman–Crippen MR) is 65.1 cm³/mol. The molecule has 0 saturated carbocycles. The first kappa shape index (κ1) is 14.6. The van der Waals surface area contributed by atoms with E-state index in [1.165, 1.54) is 12.1 Å². The van der Waals surface area contributed by atoms with Crippen molar-refractivity contribution in [1.29, 1.82) is 0 Å². The minimum absolute atomic E-state index is 0.0462. The molecule has 90 valence electrons. The van der Waals surface area contributed by atoms with Gasteiger partial charge >= 0.3 is 11.9 Å². The van der Waals surface area contributed by atoms with Crippen LogP contribution >= 0.6 is 0 Å². The molecular formula is C13H14O4. The molecule has 0 fully saturated rings. The number of benzene rings is 1. The van der Waals surface area contributed by atoms with E-state index in [-0.39, 0.29) is 12.0 Å². The molecule has 0 radical (unpaired) electrons. The molecular weight excluding hydrogens is 220 g/mol. The van der Waals surface area contributed by atoms with E-state index in [9.17, 15) is 9.59 Å². The molecule has 17 heavy (non-hydrogen) atoms. The van der Waals surface area contributed by atoms with Gasteiger partial charge in [0, 0.05) is 0 Å². The summed E-state index contributed by atoms with van der Waals surface area (Å²) in [4.78, 5) is 21.0. The maximum Gasteiger partial charge on any atom is 0.335 e. The number of rotatable bonds is 4. The Morgan fingerprint density at radius 2 is 1.65 bits per heavy atom. The van der Waals surface area contributed by atoms with Crippen LogP contribution < -0.4 is 0 Å². The van der Waals surface area contributed by atoms with Gasteiger partial charge < -0.3 is 10.2 Å². The minimum Gasteiger partial charge on any atom is -0.481 e. The lowest BCUT2D eigenvalue weighted by molar-refractivity contribution is -0.136. The van der Waals surface area contributed by atoms with E-state index in [4.69, 9.17) is 10.2 Å². The Hall–Kier alpha value is -2.36. The molecule has 4 heteroatoms. The average molecular weight is 234 g/mol. The van der Waals surface area contributed by atoms with E-state index < -0.39 is 11.9 Å². The van der Waals surface area contributed by atoms with E-state index >= 15 is 0 Å². The number of aromatic carboxylic acids is 1. The predicted octanol–water partition coefficient (Wildman–Crippen LogP) is 2.37. The number of hydrogen-bond acceptors (Lipinski definition) is 2. The van der Waals surface area contributed by atoms with E-state index in [0.717, 1.165) is 0 Å². The summed E-state index contributed by atoms with van der Waals surface area (Å²) >= 11 is 0. The Bertz CT molecular complexity index is 415. The lowest BCUT2D eigenvalue weighted by Gasteiger charge is -2.01. The zero-order valence-corrected chi connectivity index (χ0v) is 9.30. The van der Waals surface area contributed by atoms with Crippen molar-refractivity contribution in [2.75, 3.05) is 0 Å². The van der Waals surface area contributed by atoms with Crippen LogP contribution in [0.25, 0.3) is 0 Å². The van der Waals surface area contributed by atoms with Crippen LogP contribution in [0.2, 0.25) is 0 Å². The van der Waals surface area contributed by atoms with Crippen molar-refractivity contribution in [3.8, 4) is 0 Å². The van der Waals surface area contributed by atoms with Crippen LogP contribution in [0, 0.1) is 0 Å². The Morgan fingerprint density at radius 1 is 1.12 bits per heavy atom. The highest BCUT2D eigenvalue weighted by Gasteiger charge is 2.10. The molecule has 0 aliphatic heterocycles. The molecule has 0 unspecified atom stereocenters. The summed E-state index contributed by atoms with van der Waals surface area (Å²) < 4.78 is 0. The van der Waals surface area contributed by atoms with Gasteiger partial charge in [-0.15, -0.1) is 0 Å². The van der Waals surface area contributed by atoms with Gasteiger partial charge in [0.25, 0.3) is 0 Å². The smallest absolute Gasteiger partial charge is 0.335 e. The first-order chi connectivity index (χ1) is 8.02. The normalized spacial score (nSPS) is 8.47. The molecule has 0 aliphatic rings. The number of hydrogen-bond donors (Lipinski definition) is 2. The minimum atomic E-state index is -1.10. The van der Waals surface area contributed by atoms with Crippen molar-refractivity contribution in [2.45, 2.75) is 6.42 Å². The second-order valence-corrected chi connectivity index (χ2v) is 3.00. The fourth-order valence-electron chi connectivity index (χ4n) is 1.05. The Kier molecular flexibility index (Phi) is 6.78. The molecule has 0 atom stereocenters. The molecule has 0 spiro atoms. The highest BCUT2D eigenvalue weighted by Crippen LogP contribution is 2.09. The first-order valence-corrected chi connectivity index (χ1v) is 4.79. The summed E-state index contributed by atoms with van der Waals surface area (Å²) in [5.74, 6) is -2.13. The van der Waals surface area contributed by atoms with Crippen LogP contribution in [0.4, 0.5) is 0 Å². The van der Waals surface area contributed by atoms with Crippen molar-refractivity contribution in [3.63, 3.8) is 0 Å². The third-order valence-corrected chi connectivity index (χ3v) is 1.76. The fourth-order valence-corrected chi connectivity index (χ4v) is 1.05. The van der Waals surface area contributed by atoms with Crippen molar-refractivity contribution < 1.29 is 19.8 Å². The quantitative estimate of drug-likeness (QED) is 0.784. The summed E-state index contributed by atoms with van der Waals surface area (Å²) in [7, 11) is 0. The third-order valence-electron chi connectivity index (χ3n) is 1.76. The van der Waals surface area contributed by atoms with Gasteiger partial charge in [-0.3, -0.25) is 4.79 Å². The van der Waals surface area contributed by atoms with Crippen molar-refractivity contribution in [2.24, 2.45) is 0 Å². The Balaban J connectivity index is 0.000000557. The van der Waals surface area contributed by atoms with E-state index in [1.54, 1.807) is 24.3 Å². The molecule has 0 aliphatic carbocycles. The number of allylic oxidation sites excluding steroid dienone is 2. The summed E-state index contributed by atoms with van der Waals surface area (Å²) in [6.07, 6.45) is 3.02. The topological polar surface area (TPSA) is 74.6 Å². The third kappa shape index (κ3) is 5.94. The molecule has 0 amide bonds. The van der Waals surface area contributed by atoms with Gasteiger partial charge in [0.1, 0.15) is 0 Å². The van der Waals surface area contributed by atoms with Gasteiger partial charge in [-0.1, -0.05) is 43.5 Å². The monoisotopic (exact) mass is 234 g/mol. The van der Waals surface area contributed by atoms with Crippen LogP contribution in [0.1, 0.15) is 15.9 Å². The van der Waals surface area contributed by atoms with Crippen molar-refractivity contribution in [3.05, 3.63) is 60.7 Å². The van der Waals surface area contributed by atoms with Gasteiger partial charge in [0.2, 0.25) is 0 Å². The van der Waals surface area contributed by atoms with E-state index in [1.807, 2.05) is 0 Å². The number of carboxylic acid groups (broad SMARTS) is 2. The van der Waals surface area contributed by atoms with Gasteiger partial charge in [0.15, 0.2) is 0 Å². The Morgan fingerprint density at radius 3 is 2.06 bits per heavy atom. The summed E-state index contributed by atoms with van der Waals surface area (Å²) in [6.45, 7) is 6.72. The molecule has 1 aromatic rings. The van der Waals surface area contributed by atoms with Crippen LogP contribution in [0.3, 0.4) is 0 Å². The number of carbonyl (C=O) groups is 2. The second kappa shape index (κ2) is 7.87. The van der Waals surface area contributed by atoms with Crippen LogP contribution in [0.5, 0.6) is 0 Å². The molecule has 0 bridgehead atoms. The lowest BCUT2D eigenvalue weighted by atomic mass is 10.1. The first-order valence-electron chi connectivity index (χ1n) is 4.79. The Labute approximate surface area is 99.5 Å². The maximum absolute atomic E-state index is 10.6. The van der Waals surface area contributed by atoms with Gasteiger partial charge in [-0.2, -0.15) is 0 Å². The molecule has 1 aromatic carbocycles. The molecule has 1 rings (SSSR count). The van der Waals surface area contributed by atoms with Gasteiger partial charge in [0.05, 0.1) is 12.0 Å². The van der Waals surface area contributed by atoms with Crippen LogP contribution in [-0.2, 0) is 11.2 Å². The highest BCUT2D eigenvalue weighted by atomic mass is 16.4. The zero-order chi connectivity index (χ0) is 13.3. The molecule has 0 aromatic heterocycles. The fraction of sp³-hybridized carbons (Fsp3) is 0.0769. The van der Waals surface area contributed by atoms with Crippen LogP contribution in [-0.4, -0.2) is 22.2 Å². The zero-order valence-electron chi connectivity index (χ0n) is 9.30. The van der Waals surface area contributed by atoms with Crippen LogP contribution in [0.15, 0.2) is 49.6 Å². The molecule has 0 heterocycles. The highest BCUT2D eigenvalue weighted by molar-refractivity contribution is 5.90. The average Bonchev–Trinajstić information content (AvgIpc) is 2.29.